The summed E-state index contributed by atoms with van der Waals surface area (Å²) in [6, 6.07) is 56.5. The van der Waals surface area contributed by atoms with E-state index in [2.05, 4.69) is 169 Å². The number of urea groups is 1. The van der Waals surface area contributed by atoms with E-state index >= 15 is 0 Å². The van der Waals surface area contributed by atoms with Crippen LogP contribution in [0.3, 0.4) is 0 Å². The third-order valence-electron chi connectivity index (χ3n) is 24.0. The predicted octanol–water partition coefficient (Wildman–Crippen LogP) is 20.2. The van der Waals surface area contributed by atoms with Crippen molar-refractivity contribution in [2.24, 2.45) is 0 Å². The van der Waals surface area contributed by atoms with E-state index in [-0.39, 0.29) is 35.3 Å². The van der Waals surface area contributed by atoms with Gasteiger partial charge in [-0.25, -0.2) is 43.5 Å². The lowest BCUT2D eigenvalue weighted by atomic mass is 10.0. The molecule has 25 rings (SSSR count). The van der Waals surface area contributed by atoms with E-state index in [1.807, 2.05) is 227 Å². The summed E-state index contributed by atoms with van der Waals surface area (Å²) in [5.74, 6) is 1.28. The summed E-state index contributed by atoms with van der Waals surface area (Å²) in [7, 11) is 0. The topological polar surface area (TPSA) is 547 Å². The lowest BCUT2D eigenvalue weighted by Crippen LogP contribution is -2.29. The highest BCUT2D eigenvalue weighted by Gasteiger charge is 2.27. The van der Waals surface area contributed by atoms with Crippen LogP contribution < -0.4 is 42.1 Å². The molecule has 0 atom stereocenters. The monoisotopic (exact) mass is 1950 g/mol. The fourth-order valence-electron chi connectivity index (χ4n) is 16.6. The van der Waals surface area contributed by atoms with Gasteiger partial charge >= 0.3 is 6.03 Å². The molecule has 14 heterocycles. The summed E-state index contributed by atoms with van der Waals surface area (Å²) in [6.45, 7) is 7.93. The van der Waals surface area contributed by atoms with E-state index in [0.29, 0.717) is 126 Å². The Balaban J connectivity index is 0.000000107. The van der Waals surface area contributed by atoms with Crippen molar-refractivity contribution in [2.75, 3.05) is 55.2 Å². The highest BCUT2D eigenvalue weighted by atomic mass is 19.1. The molecule has 0 bridgehead atoms. The third-order valence-corrected chi connectivity index (χ3v) is 24.0. The number of allylic oxidation sites excluding steroid dienone is 6. The minimum absolute atomic E-state index is 0.130. The first kappa shape index (κ1) is 93.5. The molecule has 0 radical (unpaired) electrons. The fourth-order valence-corrected chi connectivity index (χ4v) is 16.6. The number of piperidine rings is 1. The van der Waals surface area contributed by atoms with E-state index in [4.69, 9.17) is 4.42 Å². The quantitative estimate of drug-likeness (QED) is 0.0357. The van der Waals surface area contributed by atoms with Gasteiger partial charge in [-0.2, -0.15) is 30.6 Å². The second-order valence-electron chi connectivity index (χ2n) is 33.9. The Morgan fingerprint density at radius 3 is 1.01 bits per heavy atom. The number of nitrogens with one attached hydrogen (secondary N) is 19. The standard InChI is InChI=1S/C23H24N6O.C17H12F2N6O.C17H15N5O.C16H13N5O2.2C16H13N5O/c1-15-13-16(29-11-5-2-6-12-29)9-10-17(15)23(30)27-20-14-24-28-21(20)22-25-18-7-3-4-8-19(18)26-22;18-9-4-3-5-10(19)14(9)24-17(26)23-13-8-20-25-15(13)16-21-11-6-1-2-7-12(11)22-16;1-10-5-4-6-11(10)17(23)21-14-9-18-22-15(14)16-19-12-7-2-3-8-13(12)20-16;1-9-6-7-23-14(9)16(22)20-12-8-17-21-13(12)15-18-10-4-2-3-5-11(10)19-15;2*22-16(10-5-1-2-6-10)20-13-9-17-21-14(13)15-18-11-7-3-4-8-12(11)19-15/h3-4,7-10,13-14H,2,5-6,11-12H2,1H3,(H,24,28)(H,25,26)(H,27,30);1-8H,(H,20,25)(H,21,22)(H2,23,24,26);2-4,6-9H,5H2,1H3,(H,18,22)(H,19,20)(H,21,23);2-8H,1H3,(H,17,21)(H,18,19)(H,20,22);2*1,3-9H,2H2,(H,17,21)(H,18,19)(H,20,22). The summed E-state index contributed by atoms with van der Waals surface area (Å²) in [5, 5.41) is 60.3. The van der Waals surface area contributed by atoms with Crippen LogP contribution in [-0.4, -0.2) is 170 Å². The van der Waals surface area contributed by atoms with Crippen LogP contribution >= 0.6 is 0 Å². The zero-order chi connectivity index (χ0) is 100. The Labute approximate surface area is 825 Å². The Bertz CT molecular complexity index is 8280. The van der Waals surface area contributed by atoms with Crippen LogP contribution in [0.5, 0.6) is 0 Å². The van der Waals surface area contributed by atoms with Gasteiger partial charge < -0.3 is 76.4 Å². The zero-order valence-electron chi connectivity index (χ0n) is 78.1. The Hall–Kier alpha value is -20.2. The number of imidazole rings is 6. The maximum Gasteiger partial charge on any atom is 0.323 e. The van der Waals surface area contributed by atoms with Crippen molar-refractivity contribution in [1.82, 2.24) is 121 Å². The first-order valence-electron chi connectivity index (χ1n) is 46.4. The van der Waals surface area contributed by atoms with Crippen molar-refractivity contribution in [3.8, 4) is 69.1 Å². The molecule has 41 heteroatoms. The first-order valence-corrected chi connectivity index (χ1v) is 46.4. The number of benzene rings is 8. The lowest BCUT2D eigenvalue weighted by molar-refractivity contribution is -0.113. The number of rotatable bonds is 19. The van der Waals surface area contributed by atoms with Gasteiger partial charge in [0.1, 0.15) is 51.5 Å². The van der Waals surface area contributed by atoms with Crippen LogP contribution in [0.1, 0.15) is 77.5 Å². The maximum absolute atomic E-state index is 13.6. The largest absolute Gasteiger partial charge is 0.459 e. The van der Waals surface area contributed by atoms with Gasteiger partial charge in [-0.3, -0.25) is 54.6 Å². The first-order chi connectivity index (χ1) is 71.4. The molecule has 13 aromatic heterocycles. The molecule has 8 aromatic carbocycles. The molecule has 0 unspecified atom stereocenters. The number of amides is 7. The smallest absolute Gasteiger partial charge is 0.323 e. The number of halogens is 2. The van der Waals surface area contributed by atoms with Gasteiger partial charge in [0.15, 0.2) is 40.7 Å². The van der Waals surface area contributed by atoms with E-state index < -0.39 is 23.4 Å². The number of furan rings is 1. The van der Waals surface area contributed by atoms with Gasteiger partial charge in [0, 0.05) is 46.6 Å². The van der Waals surface area contributed by atoms with Crippen molar-refractivity contribution >= 4 is 147 Å². The number of aryl methyl sites for hydroxylation is 2. The van der Waals surface area contributed by atoms with Crippen LogP contribution in [0.15, 0.2) is 307 Å². The predicted molar refractivity (Wildman–Crippen MR) is 554 cm³/mol. The number of carbonyl (C=O) groups is 6. The number of hydrogen-bond acceptors (Lipinski definition) is 20. The van der Waals surface area contributed by atoms with Crippen LogP contribution in [0.2, 0.25) is 0 Å². The van der Waals surface area contributed by atoms with Gasteiger partial charge in [-0.1, -0.05) is 133 Å². The van der Waals surface area contributed by atoms with Gasteiger partial charge in [0.25, 0.3) is 29.5 Å². The second-order valence-corrected chi connectivity index (χ2v) is 33.9. The van der Waals surface area contributed by atoms with Gasteiger partial charge in [-0.15, -0.1) is 0 Å². The van der Waals surface area contributed by atoms with Crippen LogP contribution in [0.25, 0.3) is 135 Å². The molecule has 21 aromatic rings. The van der Waals surface area contributed by atoms with Gasteiger partial charge in [0.2, 0.25) is 0 Å². The number of aromatic amines is 12. The Morgan fingerprint density at radius 1 is 0.342 bits per heavy atom. The third kappa shape index (κ3) is 20.9. The Morgan fingerprint density at radius 2 is 0.685 bits per heavy atom. The number of para-hydroxylation sites is 13. The van der Waals surface area contributed by atoms with Crippen LogP contribution in [0, 0.1) is 25.5 Å². The molecule has 4 aliphatic rings. The maximum atomic E-state index is 13.6. The molecular weight excluding hydrogens is 1860 g/mol. The number of carbonyl (C=O) groups excluding carboxylic acids is 6. The molecule has 1 fully saturated rings. The molecule has 146 heavy (non-hydrogen) atoms. The average Bonchev–Trinajstić information content (AvgIpc) is 1.40. The normalized spacial score (nSPS) is 12.9. The minimum atomic E-state index is -0.871. The van der Waals surface area contributed by atoms with Crippen molar-refractivity contribution in [3.05, 3.63) is 336 Å². The molecule has 1 aliphatic heterocycles. The summed E-state index contributed by atoms with van der Waals surface area (Å²) >= 11 is 0. The molecule has 7 amide bonds. The SMILES string of the molecule is CC1=C(C(=O)Nc2cn[nH]c2-c2nc3ccccc3[nH]2)C=CC1.Cc1cc(N2CCCCC2)ccc1C(=O)Nc1cn[nH]c1-c1nc2ccccc2[nH]1.Cc1ccoc1C(=O)Nc1cn[nH]c1-c1nc2ccccc2[nH]1.O=C(Nc1cn[nH]c1-c1nc2ccccc2[nH]1)C1=CCC=C1.O=C(Nc1cn[nH]c1-c1nc2ccccc2[nH]1)C1=CCC=C1.O=C(Nc1cn[nH]c1-c1nc2ccccc2[nH]1)Nc1c(F)cccc1F. The number of nitrogens with zero attached hydrogens (tertiary/aromatic N) is 13. The second kappa shape index (κ2) is 42.3. The number of anilines is 8. The van der Waals surface area contributed by atoms with E-state index in [0.717, 1.165) is 127 Å². The average molecular weight is 1950 g/mol. The molecule has 726 valence electrons. The number of hydrogen-bond donors (Lipinski definition) is 19. The van der Waals surface area contributed by atoms with Crippen LogP contribution in [0.4, 0.5) is 59.1 Å². The summed E-state index contributed by atoms with van der Waals surface area (Å²) < 4.78 is 32.5. The lowest BCUT2D eigenvalue weighted by Gasteiger charge is -2.29. The van der Waals surface area contributed by atoms with E-state index in [9.17, 15) is 37.5 Å². The molecule has 0 saturated carbocycles. The Kier molecular flexibility index (Phi) is 27.1. The van der Waals surface area contributed by atoms with Crippen LogP contribution in [-0.2, 0) is 14.4 Å². The number of aromatic nitrogens is 24. The fraction of sp³-hybridized carbons (Fsp3) is 0.105. The molecule has 19 N–H and O–H groups in total. The van der Waals surface area contributed by atoms with Crippen molar-refractivity contribution in [2.45, 2.75) is 59.3 Å². The summed E-state index contributed by atoms with van der Waals surface area (Å²) in [6.07, 6.45) is 32.1. The summed E-state index contributed by atoms with van der Waals surface area (Å²) in [5.41, 5.74) is 23.6. The molecule has 3 aliphatic carbocycles. The highest BCUT2D eigenvalue weighted by molar-refractivity contribution is 6.11. The molecule has 0 spiro atoms. The zero-order valence-corrected chi connectivity index (χ0v) is 78.1. The van der Waals surface area contributed by atoms with E-state index in [1.54, 1.807) is 37.1 Å². The van der Waals surface area contributed by atoms with Crippen molar-refractivity contribution in [3.63, 3.8) is 0 Å². The van der Waals surface area contributed by atoms with Gasteiger partial charge in [0.05, 0.1) is 144 Å². The minimum Gasteiger partial charge on any atom is -0.459 e. The van der Waals surface area contributed by atoms with Crippen molar-refractivity contribution < 1.29 is 42.0 Å². The highest BCUT2D eigenvalue weighted by Crippen LogP contribution is 2.36. The summed E-state index contributed by atoms with van der Waals surface area (Å²) in [4.78, 5) is 123. The van der Waals surface area contributed by atoms with Gasteiger partial charge in [-0.05, 0) is 174 Å². The molecular formula is C105H90F2N32O7. The number of H-pyrrole nitrogens is 12. The molecule has 39 nitrogen and oxygen atoms in total. The van der Waals surface area contributed by atoms with E-state index in [1.165, 1.54) is 43.5 Å². The van der Waals surface area contributed by atoms with Crippen molar-refractivity contribution in [1.29, 1.82) is 0 Å². The number of fused-ring (bicyclic) bond motifs is 6. The molecule has 1 saturated heterocycles.